The van der Waals surface area contributed by atoms with Gasteiger partial charge in [0.2, 0.25) is 0 Å². The van der Waals surface area contributed by atoms with E-state index in [1.807, 2.05) is 0 Å². The Bertz CT molecular complexity index is 717. The summed E-state index contributed by atoms with van der Waals surface area (Å²) in [5.74, 6) is 0.908. The van der Waals surface area contributed by atoms with Gasteiger partial charge in [-0.05, 0) is 29.8 Å². The molecule has 0 aliphatic carbocycles. The van der Waals surface area contributed by atoms with E-state index in [0.717, 1.165) is 64.5 Å². The Morgan fingerprint density at radius 1 is 0.793 bits per heavy atom. The maximum Gasteiger partial charge on any atom is 0.190 e. The maximum atomic E-state index is 5.72. The molecule has 0 bridgehead atoms. The molecule has 5 nitrogen and oxygen atoms in total. The van der Waals surface area contributed by atoms with Crippen LogP contribution in [0.1, 0.15) is 5.56 Å². The van der Waals surface area contributed by atoms with Crippen LogP contribution in [0.5, 0.6) is 5.75 Å². The molecule has 4 rings (SSSR count). The third-order valence-corrected chi connectivity index (χ3v) is 10.2. The van der Waals surface area contributed by atoms with Crippen molar-refractivity contribution in [1.82, 2.24) is 9.34 Å². The van der Waals surface area contributed by atoms with E-state index in [9.17, 15) is 0 Å². The fourth-order valence-electron chi connectivity index (χ4n) is 4.22. The highest BCUT2D eigenvalue weighted by Crippen LogP contribution is 2.66. The molecule has 0 N–H and O–H groups in total. The van der Waals surface area contributed by atoms with Crippen LogP contribution in [0.25, 0.3) is 0 Å². The summed E-state index contributed by atoms with van der Waals surface area (Å²) >= 11 is 0. The molecule has 158 valence electrons. The summed E-state index contributed by atoms with van der Waals surface area (Å²) in [6.07, 6.45) is 1.04. The normalized spacial score (nSPS) is 18.8. The monoisotopic (exact) mass is 436 g/mol. The molecular formula is C22H30ClN2O3P. The lowest BCUT2D eigenvalue weighted by Crippen LogP contribution is -3.00. The number of rotatable bonds is 6. The van der Waals surface area contributed by atoms with Gasteiger partial charge in [-0.25, -0.2) is 0 Å². The van der Waals surface area contributed by atoms with Gasteiger partial charge in [0.15, 0.2) is 7.56 Å². The van der Waals surface area contributed by atoms with Gasteiger partial charge in [0.1, 0.15) is 17.2 Å². The lowest BCUT2D eigenvalue weighted by molar-refractivity contribution is -0.00000751. The summed E-state index contributed by atoms with van der Waals surface area (Å²) in [6, 6.07) is 19.7. The topological polar surface area (TPSA) is 34.2 Å². The third kappa shape index (κ3) is 4.93. The second-order valence-electron chi connectivity index (χ2n) is 7.20. The molecule has 2 aliphatic heterocycles. The second kappa shape index (κ2) is 10.7. The van der Waals surface area contributed by atoms with Gasteiger partial charge in [-0.1, -0.05) is 30.3 Å². The second-order valence-corrected chi connectivity index (χ2v) is 10.6. The average Bonchev–Trinajstić information content (AvgIpc) is 2.79. The molecule has 0 unspecified atom stereocenters. The van der Waals surface area contributed by atoms with Crippen LogP contribution in [0.15, 0.2) is 54.6 Å². The zero-order chi connectivity index (χ0) is 19.2. The van der Waals surface area contributed by atoms with Crippen LogP contribution < -0.4 is 22.4 Å². The van der Waals surface area contributed by atoms with Crippen LogP contribution in [0.2, 0.25) is 0 Å². The molecule has 0 saturated carbocycles. The van der Waals surface area contributed by atoms with Gasteiger partial charge in [0.05, 0.1) is 59.7 Å². The maximum absolute atomic E-state index is 5.72. The summed E-state index contributed by atoms with van der Waals surface area (Å²) < 4.78 is 22.3. The molecule has 2 aromatic carbocycles. The number of halogens is 1. The van der Waals surface area contributed by atoms with Gasteiger partial charge in [-0.2, -0.15) is 9.34 Å². The molecule has 0 aromatic heterocycles. The van der Waals surface area contributed by atoms with Crippen molar-refractivity contribution in [3.63, 3.8) is 0 Å². The minimum atomic E-state index is -1.80. The fourth-order valence-corrected chi connectivity index (χ4v) is 8.82. The third-order valence-electron chi connectivity index (χ3n) is 5.64. The summed E-state index contributed by atoms with van der Waals surface area (Å²) in [5, 5.41) is 1.42. The van der Waals surface area contributed by atoms with Gasteiger partial charge in [0.25, 0.3) is 0 Å². The van der Waals surface area contributed by atoms with Gasteiger partial charge in [-0.15, -0.1) is 0 Å². The smallest absolute Gasteiger partial charge is 0.190 e. The summed E-state index contributed by atoms with van der Waals surface area (Å²) in [6.45, 7) is 7.12. The first kappa shape index (κ1) is 22.5. The van der Waals surface area contributed by atoms with Crippen molar-refractivity contribution in [2.24, 2.45) is 0 Å². The van der Waals surface area contributed by atoms with Crippen molar-refractivity contribution in [2.45, 2.75) is 6.16 Å². The van der Waals surface area contributed by atoms with Gasteiger partial charge >= 0.3 is 0 Å². The van der Waals surface area contributed by atoms with Crippen LogP contribution >= 0.6 is 7.56 Å². The first-order valence-electron chi connectivity index (χ1n) is 10.1. The zero-order valence-corrected chi connectivity index (χ0v) is 18.7. The predicted molar refractivity (Wildman–Crippen MR) is 114 cm³/mol. The summed E-state index contributed by atoms with van der Waals surface area (Å²) in [7, 11) is -0.0730. The highest BCUT2D eigenvalue weighted by atomic mass is 35.5. The number of benzene rings is 2. The van der Waals surface area contributed by atoms with Gasteiger partial charge < -0.3 is 26.6 Å². The lowest BCUT2D eigenvalue weighted by atomic mass is 10.2. The molecule has 0 spiro atoms. The van der Waals surface area contributed by atoms with Crippen molar-refractivity contribution < 1.29 is 26.6 Å². The standard InChI is InChI=1S/C22H30N2O3P.ClH/c1-25-21-7-9-22(10-8-21)28(23-11-15-26-16-12-23,24-13-17-27-18-14-24)19-20-5-3-2-4-6-20;/h2-10H,11-19H2,1H3;1H/q+1;/p-1. The SMILES string of the molecule is COc1ccc([P+](Cc2ccccc2)(N2CCOCC2)N2CCOCC2)cc1.[Cl-]. The highest BCUT2D eigenvalue weighted by molar-refractivity contribution is 7.78. The van der Waals surface area contributed by atoms with Crippen molar-refractivity contribution in [3.05, 3.63) is 60.2 Å². The number of morpholine rings is 2. The highest BCUT2D eigenvalue weighted by Gasteiger charge is 2.53. The van der Waals surface area contributed by atoms with E-state index < -0.39 is 7.56 Å². The van der Waals surface area contributed by atoms with Crippen molar-refractivity contribution >= 4 is 12.9 Å². The van der Waals surface area contributed by atoms with E-state index in [2.05, 4.69) is 63.9 Å². The molecule has 0 atom stereocenters. The number of hydrogen-bond acceptors (Lipinski definition) is 5. The molecule has 2 saturated heterocycles. The van der Waals surface area contributed by atoms with E-state index in [-0.39, 0.29) is 12.4 Å². The summed E-state index contributed by atoms with van der Waals surface area (Å²) in [4.78, 5) is 0. The Morgan fingerprint density at radius 3 is 1.79 bits per heavy atom. The first-order chi connectivity index (χ1) is 13.8. The molecular weight excluding hydrogens is 407 g/mol. The summed E-state index contributed by atoms with van der Waals surface area (Å²) in [5.41, 5.74) is 1.39. The number of nitrogens with zero attached hydrogens (tertiary/aromatic N) is 2. The predicted octanol–water partition coefficient (Wildman–Crippen LogP) is 0.0367. The van der Waals surface area contributed by atoms with Crippen LogP contribution in [0.3, 0.4) is 0 Å². The largest absolute Gasteiger partial charge is 1.00 e. The van der Waals surface area contributed by atoms with E-state index in [1.165, 1.54) is 10.9 Å². The van der Waals surface area contributed by atoms with Gasteiger partial charge in [-0.3, -0.25) is 0 Å². The average molecular weight is 437 g/mol. The first-order valence-corrected chi connectivity index (χ1v) is 11.9. The van der Waals surface area contributed by atoms with Crippen LogP contribution in [0, 0.1) is 0 Å². The molecule has 0 amide bonds. The molecule has 0 radical (unpaired) electrons. The van der Waals surface area contributed by atoms with E-state index in [4.69, 9.17) is 14.2 Å². The van der Waals surface area contributed by atoms with Crippen molar-refractivity contribution in [3.8, 4) is 5.75 Å². The van der Waals surface area contributed by atoms with E-state index in [1.54, 1.807) is 7.11 Å². The Kier molecular flexibility index (Phi) is 8.31. The van der Waals surface area contributed by atoms with Gasteiger partial charge in [0, 0.05) is 0 Å². The Balaban J connectivity index is 0.00000240. The van der Waals surface area contributed by atoms with E-state index >= 15 is 0 Å². The quantitative estimate of drug-likeness (QED) is 0.597. The van der Waals surface area contributed by atoms with Crippen molar-refractivity contribution in [1.29, 1.82) is 0 Å². The van der Waals surface area contributed by atoms with Crippen LogP contribution in [-0.4, -0.2) is 69.1 Å². The van der Waals surface area contributed by atoms with Crippen LogP contribution in [0.4, 0.5) is 0 Å². The number of ether oxygens (including phenoxy) is 3. The molecule has 2 fully saturated rings. The Labute approximate surface area is 180 Å². The minimum absolute atomic E-state index is 0. The molecule has 7 heteroatoms. The minimum Gasteiger partial charge on any atom is -1.00 e. The molecule has 2 aliphatic rings. The molecule has 2 heterocycles. The molecule has 2 aromatic rings. The number of hydrogen-bond donors (Lipinski definition) is 0. The lowest BCUT2D eigenvalue weighted by Gasteiger charge is -2.45. The number of methoxy groups -OCH3 is 1. The molecule has 29 heavy (non-hydrogen) atoms. The van der Waals surface area contributed by atoms with Crippen molar-refractivity contribution in [2.75, 3.05) is 59.7 Å². The zero-order valence-electron chi connectivity index (χ0n) is 17.0. The Morgan fingerprint density at radius 2 is 1.31 bits per heavy atom. The van der Waals surface area contributed by atoms with E-state index in [0.29, 0.717) is 0 Å². The fraction of sp³-hybridized carbons (Fsp3) is 0.455. The Hall–Kier alpha value is -1.20. The van der Waals surface area contributed by atoms with Crippen LogP contribution in [-0.2, 0) is 15.6 Å².